The van der Waals surface area contributed by atoms with E-state index in [2.05, 4.69) is 20.9 Å². The molecule has 0 aliphatic carbocycles. The smallest absolute Gasteiger partial charge is 0.281 e. The number of halogens is 3. The molecule has 0 bridgehead atoms. The van der Waals surface area contributed by atoms with Gasteiger partial charge in [0.05, 0.1) is 18.2 Å². The van der Waals surface area contributed by atoms with Crippen molar-refractivity contribution in [3.63, 3.8) is 0 Å². The lowest BCUT2D eigenvalue weighted by Gasteiger charge is -2.08. The van der Waals surface area contributed by atoms with Crippen LogP contribution in [0.1, 0.15) is 23.4 Å². The molecule has 0 amide bonds. The highest BCUT2D eigenvalue weighted by Gasteiger charge is 2.16. The van der Waals surface area contributed by atoms with Gasteiger partial charge >= 0.3 is 0 Å². The van der Waals surface area contributed by atoms with Crippen LogP contribution in [0.4, 0.5) is 8.78 Å². The van der Waals surface area contributed by atoms with Crippen LogP contribution >= 0.6 is 15.9 Å². The summed E-state index contributed by atoms with van der Waals surface area (Å²) in [6.45, 7) is 0.0456. The normalized spacial score (nSPS) is 10.4. The number of pyridine rings is 1. The van der Waals surface area contributed by atoms with Crippen molar-refractivity contribution >= 4 is 15.9 Å². The highest BCUT2D eigenvalue weighted by Crippen LogP contribution is 2.27. The van der Waals surface area contributed by atoms with Gasteiger partial charge in [-0.2, -0.15) is 5.26 Å². The summed E-state index contributed by atoms with van der Waals surface area (Å²) < 4.78 is 25.1. The van der Waals surface area contributed by atoms with Gasteiger partial charge in [0, 0.05) is 11.0 Å². The maximum absolute atomic E-state index is 12.5. The Morgan fingerprint density at radius 3 is 2.73 bits per heavy atom. The van der Waals surface area contributed by atoms with Gasteiger partial charge in [0.2, 0.25) is 0 Å². The van der Waals surface area contributed by atoms with Gasteiger partial charge < -0.3 is 5.73 Å². The third-order valence-electron chi connectivity index (χ3n) is 1.84. The van der Waals surface area contributed by atoms with E-state index in [0.29, 0.717) is 11.3 Å². The summed E-state index contributed by atoms with van der Waals surface area (Å²) in [7, 11) is 0. The Balaban J connectivity index is 3.24. The zero-order chi connectivity index (χ0) is 11.4. The number of nitrogens with two attached hydrogens (primary N) is 1. The summed E-state index contributed by atoms with van der Waals surface area (Å²) in [5.41, 5.74) is 5.95. The molecule has 0 spiro atoms. The first kappa shape index (κ1) is 12.0. The number of nitriles is 1. The van der Waals surface area contributed by atoms with Crippen LogP contribution in [0.5, 0.6) is 0 Å². The fourth-order valence-corrected chi connectivity index (χ4v) is 1.69. The molecule has 1 heterocycles. The fraction of sp³-hybridized carbons (Fsp3) is 0.333. The minimum atomic E-state index is -2.65. The Hall–Kier alpha value is -1.06. The third-order valence-corrected chi connectivity index (χ3v) is 2.48. The van der Waals surface area contributed by atoms with Crippen LogP contribution in [-0.4, -0.2) is 4.98 Å². The lowest BCUT2D eigenvalue weighted by atomic mass is 10.1. The van der Waals surface area contributed by atoms with E-state index < -0.39 is 6.43 Å². The molecule has 6 heteroatoms. The van der Waals surface area contributed by atoms with E-state index in [-0.39, 0.29) is 23.1 Å². The molecule has 0 unspecified atom stereocenters. The van der Waals surface area contributed by atoms with E-state index in [1.165, 1.54) is 6.07 Å². The molecule has 3 nitrogen and oxygen atoms in total. The Labute approximate surface area is 94.0 Å². The van der Waals surface area contributed by atoms with Gasteiger partial charge in [-0.15, -0.1) is 0 Å². The number of aromatic nitrogens is 1. The van der Waals surface area contributed by atoms with Crippen LogP contribution in [0.2, 0.25) is 0 Å². The van der Waals surface area contributed by atoms with Gasteiger partial charge in [-0.05, 0) is 27.6 Å². The minimum absolute atomic E-state index is 0.0456. The summed E-state index contributed by atoms with van der Waals surface area (Å²) in [6.07, 6.45) is -2.54. The molecule has 0 aromatic carbocycles. The van der Waals surface area contributed by atoms with Gasteiger partial charge in [-0.25, -0.2) is 13.8 Å². The van der Waals surface area contributed by atoms with Gasteiger partial charge in [0.1, 0.15) is 5.69 Å². The van der Waals surface area contributed by atoms with Crippen LogP contribution in [0.15, 0.2) is 10.5 Å². The van der Waals surface area contributed by atoms with Crippen molar-refractivity contribution in [3.8, 4) is 6.07 Å². The molecule has 0 aliphatic heterocycles. The molecule has 2 N–H and O–H groups in total. The largest absolute Gasteiger partial charge is 0.325 e. The first-order valence-electron chi connectivity index (χ1n) is 4.13. The first-order valence-corrected chi connectivity index (χ1v) is 4.92. The Morgan fingerprint density at radius 2 is 2.27 bits per heavy atom. The lowest BCUT2D eigenvalue weighted by Crippen LogP contribution is -2.07. The highest BCUT2D eigenvalue weighted by molar-refractivity contribution is 9.10. The van der Waals surface area contributed by atoms with Crippen LogP contribution in [0.25, 0.3) is 0 Å². The van der Waals surface area contributed by atoms with E-state index in [1.807, 2.05) is 6.07 Å². The Kier molecular flexibility index (Phi) is 4.12. The van der Waals surface area contributed by atoms with Crippen molar-refractivity contribution < 1.29 is 8.78 Å². The van der Waals surface area contributed by atoms with Gasteiger partial charge in [-0.3, -0.25) is 0 Å². The topological polar surface area (TPSA) is 62.7 Å². The summed E-state index contributed by atoms with van der Waals surface area (Å²) in [5, 5.41) is 8.53. The highest BCUT2D eigenvalue weighted by atomic mass is 79.9. The van der Waals surface area contributed by atoms with Crippen LogP contribution in [0, 0.1) is 11.3 Å². The monoisotopic (exact) mass is 275 g/mol. The van der Waals surface area contributed by atoms with Crippen molar-refractivity contribution in [1.82, 2.24) is 4.98 Å². The molecule has 1 rings (SSSR count). The molecule has 0 radical (unpaired) electrons. The molecule has 1 aromatic rings. The molecular formula is C9H8BrF2N3. The van der Waals surface area contributed by atoms with Gasteiger partial charge in [-0.1, -0.05) is 0 Å². The second-order valence-corrected chi connectivity index (χ2v) is 3.66. The Bertz CT molecular complexity index is 401. The van der Waals surface area contributed by atoms with Gasteiger partial charge in [0.15, 0.2) is 0 Å². The van der Waals surface area contributed by atoms with E-state index in [9.17, 15) is 8.78 Å². The van der Waals surface area contributed by atoms with Crippen molar-refractivity contribution in [2.45, 2.75) is 19.4 Å². The lowest BCUT2D eigenvalue weighted by molar-refractivity contribution is 0.145. The Morgan fingerprint density at radius 1 is 1.60 bits per heavy atom. The van der Waals surface area contributed by atoms with Crippen molar-refractivity contribution in [2.24, 2.45) is 5.73 Å². The molecule has 0 aliphatic rings. The van der Waals surface area contributed by atoms with Crippen LogP contribution in [-0.2, 0) is 13.0 Å². The number of nitrogens with zero attached hydrogens (tertiary/aromatic N) is 2. The molecule has 1 aromatic heterocycles. The average molecular weight is 276 g/mol. The molecular weight excluding hydrogens is 268 g/mol. The van der Waals surface area contributed by atoms with Crippen LogP contribution in [0.3, 0.4) is 0 Å². The maximum Gasteiger partial charge on any atom is 0.281 e. The summed E-state index contributed by atoms with van der Waals surface area (Å²) >= 11 is 2.99. The van der Waals surface area contributed by atoms with Crippen LogP contribution < -0.4 is 5.73 Å². The number of rotatable bonds is 3. The number of hydrogen-bond acceptors (Lipinski definition) is 3. The minimum Gasteiger partial charge on any atom is -0.325 e. The zero-order valence-corrected chi connectivity index (χ0v) is 9.26. The second kappa shape index (κ2) is 5.14. The van der Waals surface area contributed by atoms with Crippen molar-refractivity contribution in [2.75, 3.05) is 0 Å². The number of hydrogen-bond donors (Lipinski definition) is 1. The van der Waals surface area contributed by atoms with Crippen molar-refractivity contribution in [1.29, 1.82) is 5.26 Å². The van der Waals surface area contributed by atoms with E-state index >= 15 is 0 Å². The summed E-state index contributed by atoms with van der Waals surface area (Å²) in [5.74, 6) is 0. The molecule has 0 saturated carbocycles. The first-order chi connectivity index (χ1) is 7.10. The molecule has 0 saturated heterocycles. The SMILES string of the molecule is N#CCc1cc(Br)c(C(F)F)nc1CN. The quantitative estimate of drug-likeness (QED) is 0.921. The molecule has 0 fully saturated rings. The molecule has 15 heavy (non-hydrogen) atoms. The van der Waals surface area contributed by atoms with E-state index in [0.717, 1.165) is 0 Å². The average Bonchev–Trinajstić information content (AvgIpc) is 2.18. The second-order valence-electron chi connectivity index (χ2n) is 2.80. The summed E-state index contributed by atoms with van der Waals surface area (Å²) in [4.78, 5) is 3.74. The third kappa shape index (κ3) is 2.70. The predicted octanol–water partition coefficient (Wildman–Crippen LogP) is 2.31. The molecule has 80 valence electrons. The van der Waals surface area contributed by atoms with Crippen molar-refractivity contribution in [3.05, 3.63) is 27.5 Å². The molecule has 0 atom stereocenters. The standard InChI is InChI=1S/C9H8BrF2N3/c10-6-3-5(1-2-13)7(4-14)15-8(6)9(11)12/h3,9H,1,4,14H2. The van der Waals surface area contributed by atoms with E-state index in [4.69, 9.17) is 11.0 Å². The van der Waals surface area contributed by atoms with E-state index in [1.54, 1.807) is 0 Å². The van der Waals surface area contributed by atoms with Gasteiger partial charge in [0.25, 0.3) is 6.43 Å². The number of alkyl halides is 2. The predicted molar refractivity (Wildman–Crippen MR) is 54.1 cm³/mol. The maximum atomic E-state index is 12.5. The summed E-state index contributed by atoms with van der Waals surface area (Å²) in [6, 6.07) is 3.40. The fourth-order valence-electron chi connectivity index (χ4n) is 1.15. The zero-order valence-electron chi connectivity index (χ0n) is 7.67.